The van der Waals surface area contributed by atoms with E-state index in [1.165, 1.54) is 15.5 Å². The van der Waals surface area contributed by atoms with Gasteiger partial charge in [-0.2, -0.15) is 17.5 Å². The van der Waals surface area contributed by atoms with Gasteiger partial charge in [0.05, 0.1) is 18.1 Å². The quantitative estimate of drug-likeness (QED) is 0.613. The van der Waals surface area contributed by atoms with E-state index in [0.29, 0.717) is 45.4 Å². The van der Waals surface area contributed by atoms with Gasteiger partial charge in [0.25, 0.3) is 0 Å². The number of piperidine rings is 1. The predicted molar refractivity (Wildman–Crippen MR) is 120 cm³/mol. The normalized spacial score (nSPS) is 23.4. The molecule has 12 heteroatoms. The molecule has 2 spiro atoms. The van der Waals surface area contributed by atoms with Crippen LogP contribution in [0.4, 0.5) is 18.0 Å². The monoisotopic (exact) mass is 515 g/mol. The highest BCUT2D eigenvalue weighted by Crippen LogP contribution is 2.60. The van der Waals surface area contributed by atoms with Gasteiger partial charge in [0, 0.05) is 38.2 Å². The maximum Gasteiger partial charge on any atom is 0.422 e. The number of rotatable bonds is 3. The van der Waals surface area contributed by atoms with E-state index in [2.05, 4.69) is 9.72 Å². The number of halogens is 3. The number of likely N-dealkylation sites (tertiary alicyclic amines) is 1. The third kappa shape index (κ3) is 5.00. The Labute approximate surface area is 202 Å². The van der Waals surface area contributed by atoms with Crippen molar-refractivity contribution >= 4 is 21.7 Å². The van der Waals surface area contributed by atoms with Gasteiger partial charge in [-0.1, -0.05) is 6.08 Å². The number of carbonyl (C=O) groups excluding carboxylic acids is 1. The predicted octanol–water partition coefficient (Wildman–Crippen LogP) is 3.38. The Morgan fingerprint density at radius 1 is 1.23 bits per heavy atom. The van der Waals surface area contributed by atoms with Crippen LogP contribution in [0.1, 0.15) is 43.4 Å². The minimum absolute atomic E-state index is 0.0279. The minimum Gasteiger partial charge on any atom is -0.485 e. The zero-order valence-corrected chi connectivity index (χ0v) is 20.3. The lowest BCUT2D eigenvalue weighted by molar-refractivity contribution is -0.164. The molecule has 1 saturated carbocycles. The molecule has 8 nitrogen and oxygen atoms in total. The van der Waals surface area contributed by atoms with E-state index in [0.717, 1.165) is 41.8 Å². The lowest BCUT2D eigenvalue weighted by Gasteiger charge is -2.56. The molecule has 1 aromatic heterocycles. The van der Waals surface area contributed by atoms with Crippen LogP contribution in [0.25, 0.3) is 5.57 Å². The number of amides is 1. The summed E-state index contributed by atoms with van der Waals surface area (Å²) >= 11 is 0. The van der Waals surface area contributed by atoms with E-state index >= 15 is 0 Å². The number of hydrogen-bond donors (Lipinski definition) is 0. The van der Waals surface area contributed by atoms with Crippen LogP contribution >= 0.6 is 0 Å². The van der Waals surface area contributed by atoms with Gasteiger partial charge in [0.1, 0.15) is 11.4 Å². The standard InChI is InChI=1S/C23H28F3N3O5S/c1-35(31,32)29-6-2-16(3-7-29)18-10-17-11-22(34-19(17)12-27-18)13-21(14-22)4-8-28(9-5-21)20(30)33-15-23(24,25)26/h2,10,12H,3-9,11,13-15H2,1H3. The van der Waals surface area contributed by atoms with Gasteiger partial charge in [-0.05, 0) is 49.2 Å². The van der Waals surface area contributed by atoms with Gasteiger partial charge in [-0.15, -0.1) is 0 Å². The smallest absolute Gasteiger partial charge is 0.422 e. The van der Waals surface area contributed by atoms with Crippen LogP contribution in [0, 0.1) is 5.41 Å². The second-order valence-corrected chi connectivity index (χ2v) is 12.2. The van der Waals surface area contributed by atoms with Crippen molar-refractivity contribution in [1.29, 1.82) is 0 Å². The summed E-state index contributed by atoms with van der Waals surface area (Å²) in [6, 6.07) is 2.04. The first kappa shape index (κ1) is 24.4. The Morgan fingerprint density at radius 2 is 1.94 bits per heavy atom. The van der Waals surface area contributed by atoms with Crippen molar-refractivity contribution < 1.29 is 35.9 Å². The molecule has 0 aromatic carbocycles. The molecule has 4 heterocycles. The molecule has 3 aliphatic heterocycles. The first-order valence-electron chi connectivity index (χ1n) is 11.7. The Hall–Kier alpha value is -2.34. The van der Waals surface area contributed by atoms with Crippen molar-refractivity contribution in [3.63, 3.8) is 0 Å². The molecule has 0 unspecified atom stereocenters. The Balaban J connectivity index is 1.16. The highest BCUT2D eigenvalue weighted by atomic mass is 32.2. The maximum absolute atomic E-state index is 12.3. The molecule has 0 N–H and O–H groups in total. The summed E-state index contributed by atoms with van der Waals surface area (Å²) in [5, 5.41) is 0. The Bertz CT molecular complexity index is 1150. The van der Waals surface area contributed by atoms with Crippen LogP contribution in [-0.4, -0.2) is 79.5 Å². The van der Waals surface area contributed by atoms with Crippen molar-refractivity contribution in [3.05, 3.63) is 29.6 Å². The SMILES string of the molecule is CS(=O)(=O)N1CC=C(c2cc3c(cn2)OC2(C3)CC3(CCN(C(=O)OCC(F)(F)F)CC3)C2)CC1. The van der Waals surface area contributed by atoms with Gasteiger partial charge in [-0.25, -0.2) is 13.2 Å². The molecule has 35 heavy (non-hydrogen) atoms. The van der Waals surface area contributed by atoms with E-state index in [9.17, 15) is 26.4 Å². The zero-order valence-electron chi connectivity index (χ0n) is 19.4. The van der Waals surface area contributed by atoms with E-state index in [4.69, 9.17) is 4.74 Å². The number of ether oxygens (including phenoxy) is 2. The van der Waals surface area contributed by atoms with Crippen LogP contribution in [0.15, 0.2) is 18.3 Å². The first-order chi connectivity index (χ1) is 16.4. The summed E-state index contributed by atoms with van der Waals surface area (Å²) in [7, 11) is -3.21. The van der Waals surface area contributed by atoms with Crippen molar-refractivity contribution in [2.45, 2.75) is 50.3 Å². The molecule has 4 aliphatic rings. The van der Waals surface area contributed by atoms with Crippen molar-refractivity contribution in [3.8, 4) is 5.75 Å². The number of aromatic nitrogens is 1. The average Bonchev–Trinajstić information content (AvgIpc) is 3.14. The van der Waals surface area contributed by atoms with Gasteiger partial charge < -0.3 is 14.4 Å². The third-order valence-corrected chi connectivity index (χ3v) is 8.86. The van der Waals surface area contributed by atoms with Crippen LogP contribution in [0.3, 0.4) is 0 Å². The maximum atomic E-state index is 12.3. The fraction of sp³-hybridized carbons (Fsp3) is 0.652. The largest absolute Gasteiger partial charge is 0.485 e. The number of fused-ring (bicyclic) bond motifs is 1. The van der Waals surface area contributed by atoms with Gasteiger partial charge in [0.2, 0.25) is 10.0 Å². The summed E-state index contributed by atoms with van der Waals surface area (Å²) in [6.07, 6.45) is 3.89. The number of nitrogens with zero attached hydrogens (tertiary/aromatic N) is 3. The summed E-state index contributed by atoms with van der Waals surface area (Å²) in [4.78, 5) is 17.8. The molecule has 0 radical (unpaired) electrons. The summed E-state index contributed by atoms with van der Waals surface area (Å²) in [6.45, 7) is -0.0243. The highest BCUT2D eigenvalue weighted by Gasteiger charge is 2.59. The van der Waals surface area contributed by atoms with Gasteiger partial charge in [0.15, 0.2) is 6.61 Å². The van der Waals surface area contributed by atoms with Crippen molar-refractivity contribution in [2.24, 2.45) is 5.41 Å². The molecular formula is C23H28F3N3O5S. The van der Waals surface area contributed by atoms with Gasteiger partial charge >= 0.3 is 12.3 Å². The fourth-order valence-electron chi connectivity index (χ4n) is 5.96. The first-order valence-corrected chi connectivity index (χ1v) is 13.5. The minimum atomic E-state index is -4.53. The summed E-state index contributed by atoms with van der Waals surface area (Å²) in [5.74, 6) is 0.769. The van der Waals surface area contributed by atoms with E-state index in [1.54, 1.807) is 6.20 Å². The fourth-order valence-corrected chi connectivity index (χ4v) is 6.72. The third-order valence-electron chi connectivity index (χ3n) is 7.59. The van der Waals surface area contributed by atoms with Crippen molar-refractivity contribution in [2.75, 3.05) is 39.0 Å². The van der Waals surface area contributed by atoms with E-state index in [-0.39, 0.29) is 11.0 Å². The Morgan fingerprint density at radius 3 is 2.54 bits per heavy atom. The van der Waals surface area contributed by atoms with Crippen LogP contribution in [0.2, 0.25) is 0 Å². The Kier molecular flexibility index (Phi) is 5.82. The van der Waals surface area contributed by atoms with Crippen LogP contribution in [0.5, 0.6) is 5.75 Å². The molecule has 2 fully saturated rings. The topological polar surface area (TPSA) is 89.0 Å². The van der Waals surface area contributed by atoms with Gasteiger partial charge in [-0.3, -0.25) is 4.98 Å². The molecule has 1 saturated heterocycles. The number of hydrogen-bond acceptors (Lipinski definition) is 6. The molecule has 0 bridgehead atoms. The number of sulfonamides is 1. The second kappa shape index (κ2) is 8.36. The molecule has 0 atom stereocenters. The highest BCUT2D eigenvalue weighted by molar-refractivity contribution is 7.88. The molecule has 1 aromatic rings. The lowest BCUT2D eigenvalue weighted by atomic mass is 9.54. The molecular weight excluding hydrogens is 487 g/mol. The molecule has 1 aliphatic carbocycles. The number of alkyl halides is 3. The number of carbonyl (C=O) groups is 1. The zero-order chi connectivity index (χ0) is 25.1. The molecule has 1 amide bonds. The van der Waals surface area contributed by atoms with E-state index in [1.807, 2.05) is 12.1 Å². The van der Waals surface area contributed by atoms with Crippen molar-refractivity contribution in [1.82, 2.24) is 14.2 Å². The van der Waals surface area contributed by atoms with Crippen LogP contribution < -0.4 is 4.74 Å². The lowest BCUT2D eigenvalue weighted by Crippen LogP contribution is -2.59. The van der Waals surface area contributed by atoms with Crippen LogP contribution in [-0.2, 0) is 21.2 Å². The van der Waals surface area contributed by atoms with E-state index < -0.39 is 28.9 Å². The summed E-state index contributed by atoms with van der Waals surface area (Å²) in [5.41, 5.74) is 2.70. The number of pyridine rings is 1. The average molecular weight is 516 g/mol. The molecule has 192 valence electrons. The summed E-state index contributed by atoms with van der Waals surface area (Å²) < 4.78 is 72.5. The second-order valence-electron chi connectivity index (χ2n) is 10.2. The molecule has 5 rings (SSSR count).